The number of ether oxygens (including phenoxy) is 4. The second-order valence-electron chi connectivity index (χ2n) is 5.73. The van der Waals surface area contributed by atoms with Crippen LogP contribution in [0.15, 0.2) is 0 Å². The molecule has 1 saturated heterocycles. The topological polar surface area (TPSA) is 180 Å². The van der Waals surface area contributed by atoms with Crippen molar-refractivity contribution < 1.29 is 43.2 Å². The first-order valence-electron chi connectivity index (χ1n) is 7.82. The molecule has 12 heteroatoms. The minimum absolute atomic E-state index is 0.0429. The summed E-state index contributed by atoms with van der Waals surface area (Å²) in [5.41, 5.74) is 5.19. The number of esters is 3. The molecular weight excluding hydrogens is 366 g/mol. The van der Waals surface area contributed by atoms with Gasteiger partial charge in [-0.15, -0.1) is 0 Å². The van der Waals surface area contributed by atoms with Crippen molar-refractivity contribution in [3.8, 4) is 0 Å². The molecule has 12 nitrogen and oxygen atoms in total. The summed E-state index contributed by atoms with van der Waals surface area (Å²) < 4.78 is 21.0. The van der Waals surface area contributed by atoms with E-state index in [2.05, 4.69) is 9.97 Å². The Morgan fingerprint density at radius 3 is 2.19 bits per heavy atom. The van der Waals surface area contributed by atoms with Crippen LogP contribution < -0.4 is 5.73 Å². The lowest BCUT2D eigenvalue weighted by Crippen LogP contribution is -2.40. The van der Waals surface area contributed by atoms with E-state index < -0.39 is 48.3 Å². The molecule has 0 aromatic carbocycles. The van der Waals surface area contributed by atoms with Gasteiger partial charge in [-0.05, 0) is 0 Å². The maximum absolute atomic E-state index is 11.5. The quantitative estimate of drug-likeness (QED) is 0.426. The summed E-state index contributed by atoms with van der Waals surface area (Å²) in [6.07, 6.45) is -4.39. The summed E-state index contributed by atoms with van der Waals surface area (Å²) in [5, 5.41) is 9.10. The number of aromatic nitrogens is 2. The largest absolute Gasteiger partial charge is 0.476 e. The van der Waals surface area contributed by atoms with Crippen LogP contribution in [0.5, 0.6) is 0 Å². The maximum Gasteiger partial charge on any atom is 0.356 e. The number of nitrogen functional groups attached to an aromatic ring is 1. The third-order valence-electron chi connectivity index (χ3n) is 3.60. The number of nitrogens with two attached hydrogens (primary N) is 1. The molecule has 0 bridgehead atoms. The van der Waals surface area contributed by atoms with E-state index in [0.29, 0.717) is 0 Å². The van der Waals surface area contributed by atoms with E-state index in [0.717, 1.165) is 13.8 Å². The molecule has 0 unspecified atom stereocenters. The number of rotatable bonds is 6. The zero-order chi connectivity index (χ0) is 20.3. The molecule has 1 aromatic rings. The van der Waals surface area contributed by atoms with Crippen LogP contribution in [0, 0.1) is 0 Å². The molecule has 0 saturated carbocycles. The Bertz CT molecular complexity index is 760. The smallest absolute Gasteiger partial charge is 0.356 e. The van der Waals surface area contributed by atoms with Crippen molar-refractivity contribution in [1.29, 1.82) is 0 Å². The number of anilines is 1. The van der Waals surface area contributed by atoms with Crippen molar-refractivity contribution in [2.24, 2.45) is 0 Å². The summed E-state index contributed by atoms with van der Waals surface area (Å²) in [6.45, 7) is 3.18. The Balaban J connectivity index is 2.39. The van der Waals surface area contributed by atoms with Crippen LogP contribution in [0.25, 0.3) is 0 Å². The Morgan fingerprint density at radius 1 is 1.11 bits per heavy atom. The summed E-state index contributed by atoms with van der Waals surface area (Å²) in [6, 6.07) is 0. The highest BCUT2D eigenvalue weighted by Crippen LogP contribution is 2.37. The van der Waals surface area contributed by atoms with Crippen LogP contribution in [0.3, 0.4) is 0 Å². The van der Waals surface area contributed by atoms with Crippen LogP contribution in [0.4, 0.5) is 5.82 Å². The molecule has 0 spiro atoms. The Labute approximate surface area is 152 Å². The van der Waals surface area contributed by atoms with E-state index >= 15 is 0 Å². The van der Waals surface area contributed by atoms with Gasteiger partial charge in [-0.1, -0.05) is 0 Å². The zero-order valence-electron chi connectivity index (χ0n) is 14.8. The van der Waals surface area contributed by atoms with E-state index in [1.807, 2.05) is 0 Å². The zero-order valence-corrected chi connectivity index (χ0v) is 14.8. The van der Waals surface area contributed by atoms with Gasteiger partial charge in [-0.25, -0.2) is 9.78 Å². The first-order chi connectivity index (χ1) is 12.6. The number of hydrogen-bond donors (Lipinski definition) is 3. The number of H-pyrrole nitrogens is 1. The number of aromatic carboxylic acids is 1. The molecular formula is C15H19N3O9. The number of aromatic amines is 1. The Morgan fingerprint density at radius 2 is 1.70 bits per heavy atom. The average molecular weight is 385 g/mol. The van der Waals surface area contributed by atoms with E-state index in [1.165, 1.54) is 6.92 Å². The molecule has 148 valence electrons. The molecule has 4 N–H and O–H groups in total. The average Bonchev–Trinajstić information content (AvgIpc) is 3.06. The van der Waals surface area contributed by atoms with Gasteiger partial charge in [-0.2, -0.15) is 0 Å². The number of nitrogens with zero attached hydrogens (tertiary/aromatic N) is 1. The summed E-state index contributed by atoms with van der Waals surface area (Å²) >= 11 is 0. The van der Waals surface area contributed by atoms with Gasteiger partial charge in [-0.3, -0.25) is 14.4 Å². The van der Waals surface area contributed by atoms with Crippen molar-refractivity contribution in [2.75, 3.05) is 12.3 Å². The Kier molecular flexibility index (Phi) is 6.00. The van der Waals surface area contributed by atoms with Gasteiger partial charge >= 0.3 is 23.9 Å². The number of carbonyl (C=O) groups excluding carboxylic acids is 3. The summed E-state index contributed by atoms with van der Waals surface area (Å²) in [5.74, 6) is -3.66. The number of imidazole rings is 1. The van der Waals surface area contributed by atoms with Gasteiger partial charge in [0.25, 0.3) is 0 Å². The van der Waals surface area contributed by atoms with Gasteiger partial charge in [0.05, 0.1) is 0 Å². The SMILES string of the molecule is CC(=O)OC[C@H]1O[C@@H](c2nc(N)c(C(=O)O)[nH]2)[C@H](OC(C)=O)[C@@H]1OC(C)=O. The normalized spacial score (nSPS) is 24.3. The number of carboxylic acids is 1. The van der Waals surface area contributed by atoms with E-state index in [9.17, 15) is 19.2 Å². The monoisotopic (exact) mass is 385 g/mol. The number of carboxylic acid groups (broad SMARTS) is 1. The molecule has 1 aliphatic rings. The minimum atomic E-state index is -1.35. The van der Waals surface area contributed by atoms with E-state index in [1.54, 1.807) is 0 Å². The van der Waals surface area contributed by atoms with Crippen LogP contribution in [-0.4, -0.2) is 63.9 Å². The molecule has 0 aliphatic carbocycles. The van der Waals surface area contributed by atoms with Crippen molar-refractivity contribution >= 4 is 29.7 Å². The molecule has 27 heavy (non-hydrogen) atoms. The van der Waals surface area contributed by atoms with Crippen molar-refractivity contribution in [2.45, 2.75) is 45.2 Å². The fourth-order valence-corrected chi connectivity index (χ4v) is 2.64. The fourth-order valence-electron chi connectivity index (χ4n) is 2.64. The highest BCUT2D eigenvalue weighted by atomic mass is 16.6. The third-order valence-corrected chi connectivity index (χ3v) is 3.60. The Hall–Kier alpha value is -3.15. The predicted octanol–water partition coefficient (Wildman–Crippen LogP) is -0.443. The number of carbonyl (C=O) groups is 4. The second kappa shape index (κ2) is 8.03. The van der Waals surface area contributed by atoms with Crippen LogP contribution in [0.2, 0.25) is 0 Å². The molecule has 4 atom stereocenters. The van der Waals surface area contributed by atoms with Crippen LogP contribution in [0.1, 0.15) is 43.2 Å². The van der Waals surface area contributed by atoms with Crippen molar-refractivity contribution in [1.82, 2.24) is 9.97 Å². The van der Waals surface area contributed by atoms with Gasteiger partial charge in [0, 0.05) is 20.8 Å². The first-order valence-corrected chi connectivity index (χ1v) is 7.82. The van der Waals surface area contributed by atoms with E-state index in [4.69, 9.17) is 29.8 Å². The van der Waals surface area contributed by atoms with Gasteiger partial charge < -0.3 is 34.8 Å². The summed E-state index contributed by atoms with van der Waals surface area (Å²) in [4.78, 5) is 51.6. The van der Waals surface area contributed by atoms with Gasteiger partial charge in [0.2, 0.25) is 0 Å². The van der Waals surface area contributed by atoms with E-state index in [-0.39, 0.29) is 23.9 Å². The predicted molar refractivity (Wildman–Crippen MR) is 85.3 cm³/mol. The molecule has 0 amide bonds. The van der Waals surface area contributed by atoms with Crippen molar-refractivity contribution in [3.05, 3.63) is 11.5 Å². The molecule has 1 aliphatic heterocycles. The molecule has 2 rings (SSSR count). The lowest BCUT2D eigenvalue weighted by molar-refractivity contribution is -0.165. The fraction of sp³-hybridized carbons (Fsp3) is 0.533. The number of hydrogen-bond acceptors (Lipinski definition) is 10. The lowest BCUT2D eigenvalue weighted by atomic mass is 10.1. The lowest BCUT2D eigenvalue weighted by Gasteiger charge is -2.22. The summed E-state index contributed by atoms with van der Waals surface area (Å²) in [7, 11) is 0. The van der Waals surface area contributed by atoms with Crippen LogP contribution in [-0.2, 0) is 33.3 Å². The molecule has 1 aromatic heterocycles. The van der Waals surface area contributed by atoms with Crippen molar-refractivity contribution in [3.63, 3.8) is 0 Å². The standard InChI is InChI=1S/C15H19N3O9/c1-5(19)24-4-8-10(25-6(2)20)11(26-7(3)21)12(27-8)14-17-9(15(22)23)13(16)18-14/h8,10-12H,4,16H2,1-3H3,(H,17,18)(H,22,23)/t8-,10-,11-,12-/m1/s1. The minimum Gasteiger partial charge on any atom is -0.476 e. The molecule has 2 heterocycles. The highest BCUT2D eigenvalue weighted by molar-refractivity contribution is 5.90. The van der Waals surface area contributed by atoms with Gasteiger partial charge in [0.15, 0.2) is 29.8 Å². The highest BCUT2D eigenvalue weighted by Gasteiger charge is 2.51. The van der Waals surface area contributed by atoms with Crippen LogP contribution >= 0.6 is 0 Å². The van der Waals surface area contributed by atoms with Gasteiger partial charge in [0.1, 0.15) is 18.5 Å². The second-order valence-corrected chi connectivity index (χ2v) is 5.73. The first kappa shape index (κ1) is 20.2. The number of nitrogens with one attached hydrogen (secondary N) is 1. The molecule has 0 radical (unpaired) electrons. The maximum atomic E-state index is 11.5. The molecule has 1 fully saturated rings. The third kappa shape index (κ3) is 4.73.